The monoisotopic (exact) mass is 242 g/mol. The van der Waals surface area contributed by atoms with Crippen LogP contribution in [0, 0.1) is 26.7 Å². The molecular formula is C17H24N+. The first-order chi connectivity index (χ1) is 8.40. The highest BCUT2D eigenvalue weighted by molar-refractivity contribution is 6.08. The largest absolute Gasteiger partial charge is 0.231 e. The molecule has 0 N–H and O–H groups in total. The SMILES string of the molecule is CC1=CC(c2c(C)cc(C)cc2C)=[N+](C)CC1C. The minimum absolute atomic E-state index is 0.657. The Morgan fingerprint density at radius 1 is 1.06 bits per heavy atom. The summed E-state index contributed by atoms with van der Waals surface area (Å²) in [5.74, 6) is 0.657. The Kier molecular flexibility index (Phi) is 3.43. The Hall–Kier alpha value is -1.37. The summed E-state index contributed by atoms with van der Waals surface area (Å²) in [5.41, 5.74) is 8.39. The number of hydrogen-bond acceptors (Lipinski definition) is 0. The van der Waals surface area contributed by atoms with Gasteiger partial charge in [-0.1, -0.05) is 30.2 Å². The summed E-state index contributed by atoms with van der Waals surface area (Å²) in [5, 5.41) is 0. The maximum Gasteiger partial charge on any atom is 0.207 e. The van der Waals surface area contributed by atoms with Crippen molar-refractivity contribution in [2.24, 2.45) is 5.92 Å². The second-order valence-electron chi connectivity index (χ2n) is 5.83. The van der Waals surface area contributed by atoms with E-state index in [1.807, 2.05) is 0 Å². The normalized spacial score (nSPS) is 20.1. The standard InChI is InChI=1S/C17H24N/c1-11-7-13(3)17(14(4)8-11)16-9-12(2)15(5)10-18(16)6/h7-9,15H,10H2,1-6H3/q+1. The number of benzene rings is 1. The fourth-order valence-corrected chi connectivity index (χ4v) is 2.97. The minimum atomic E-state index is 0.657. The first-order valence-corrected chi connectivity index (χ1v) is 6.74. The molecule has 1 nitrogen and oxygen atoms in total. The van der Waals surface area contributed by atoms with Crippen LogP contribution in [0.5, 0.6) is 0 Å². The molecule has 96 valence electrons. The van der Waals surface area contributed by atoms with Crippen molar-refractivity contribution in [1.29, 1.82) is 0 Å². The number of allylic oxidation sites excluding steroid dienone is 1. The van der Waals surface area contributed by atoms with E-state index < -0.39 is 0 Å². The van der Waals surface area contributed by atoms with E-state index in [1.165, 1.54) is 33.5 Å². The number of nitrogens with zero attached hydrogens (tertiary/aromatic N) is 1. The molecule has 18 heavy (non-hydrogen) atoms. The smallest absolute Gasteiger partial charge is 0.207 e. The molecule has 1 heteroatoms. The Morgan fingerprint density at radius 2 is 1.61 bits per heavy atom. The topological polar surface area (TPSA) is 3.01 Å². The maximum absolute atomic E-state index is 2.39. The maximum atomic E-state index is 2.39. The highest BCUT2D eigenvalue weighted by Gasteiger charge is 2.24. The third-order valence-electron chi connectivity index (χ3n) is 4.03. The molecule has 1 aliphatic rings. The first kappa shape index (κ1) is 13.1. The van der Waals surface area contributed by atoms with Crippen LogP contribution in [0.4, 0.5) is 0 Å². The predicted molar refractivity (Wildman–Crippen MR) is 78.7 cm³/mol. The van der Waals surface area contributed by atoms with E-state index in [-0.39, 0.29) is 0 Å². The van der Waals surface area contributed by atoms with Crippen molar-refractivity contribution in [3.8, 4) is 0 Å². The summed E-state index contributed by atoms with van der Waals surface area (Å²) >= 11 is 0. The fourth-order valence-electron chi connectivity index (χ4n) is 2.97. The fraction of sp³-hybridized carbons (Fsp3) is 0.471. The third kappa shape index (κ3) is 2.27. The van der Waals surface area contributed by atoms with Gasteiger partial charge in [0.25, 0.3) is 0 Å². The van der Waals surface area contributed by atoms with Crippen LogP contribution in [-0.4, -0.2) is 23.9 Å². The van der Waals surface area contributed by atoms with Gasteiger partial charge < -0.3 is 0 Å². The lowest BCUT2D eigenvalue weighted by atomic mass is 9.90. The van der Waals surface area contributed by atoms with E-state index in [0.29, 0.717) is 5.92 Å². The van der Waals surface area contributed by atoms with Gasteiger partial charge in [0.15, 0.2) is 0 Å². The number of aryl methyl sites for hydroxylation is 3. The van der Waals surface area contributed by atoms with Crippen molar-refractivity contribution in [3.05, 3.63) is 46.0 Å². The van der Waals surface area contributed by atoms with Crippen LogP contribution in [0.2, 0.25) is 0 Å². The molecule has 1 aromatic carbocycles. The lowest BCUT2D eigenvalue weighted by Gasteiger charge is -2.19. The second kappa shape index (κ2) is 4.72. The van der Waals surface area contributed by atoms with Crippen LogP contribution < -0.4 is 0 Å². The van der Waals surface area contributed by atoms with Gasteiger partial charge in [0.05, 0.1) is 5.56 Å². The van der Waals surface area contributed by atoms with Crippen LogP contribution >= 0.6 is 0 Å². The molecule has 0 saturated carbocycles. The molecule has 0 saturated heterocycles. The van der Waals surface area contributed by atoms with Gasteiger partial charge in [-0.05, 0) is 38.8 Å². The van der Waals surface area contributed by atoms with Crippen molar-refractivity contribution in [2.45, 2.75) is 34.6 Å². The van der Waals surface area contributed by atoms with Crippen LogP contribution in [0.3, 0.4) is 0 Å². The van der Waals surface area contributed by atoms with E-state index >= 15 is 0 Å². The first-order valence-electron chi connectivity index (χ1n) is 6.74. The van der Waals surface area contributed by atoms with Crippen LogP contribution in [0.15, 0.2) is 23.8 Å². The van der Waals surface area contributed by atoms with Crippen molar-refractivity contribution >= 4 is 5.71 Å². The summed E-state index contributed by atoms with van der Waals surface area (Å²) in [6, 6.07) is 4.56. The molecule has 0 aromatic heterocycles. The minimum Gasteiger partial charge on any atom is -0.231 e. The molecule has 1 unspecified atom stereocenters. The zero-order valence-electron chi connectivity index (χ0n) is 12.5. The molecule has 0 bridgehead atoms. The molecule has 0 fully saturated rings. The summed E-state index contributed by atoms with van der Waals surface area (Å²) in [6.45, 7) is 12.3. The van der Waals surface area contributed by atoms with E-state index in [0.717, 1.165) is 6.54 Å². The predicted octanol–water partition coefficient (Wildman–Crippen LogP) is 3.64. The van der Waals surface area contributed by atoms with Gasteiger partial charge >= 0.3 is 0 Å². The number of hydrogen-bond donors (Lipinski definition) is 0. The average Bonchev–Trinajstić information content (AvgIpc) is 2.24. The number of rotatable bonds is 1. The second-order valence-corrected chi connectivity index (χ2v) is 5.83. The average molecular weight is 242 g/mol. The molecule has 1 aromatic rings. The molecule has 0 radical (unpaired) electrons. The molecule has 2 rings (SSSR count). The quantitative estimate of drug-likeness (QED) is 0.661. The highest BCUT2D eigenvalue weighted by Crippen LogP contribution is 2.22. The molecule has 0 aliphatic carbocycles. The van der Waals surface area contributed by atoms with Gasteiger partial charge in [-0.3, -0.25) is 0 Å². The molecule has 1 atom stereocenters. The van der Waals surface area contributed by atoms with Crippen LogP contribution in [-0.2, 0) is 0 Å². The van der Waals surface area contributed by atoms with Gasteiger partial charge in [-0.15, -0.1) is 0 Å². The van der Waals surface area contributed by atoms with Crippen LogP contribution in [0.1, 0.15) is 36.1 Å². The third-order valence-corrected chi connectivity index (χ3v) is 4.03. The Morgan fingerprint density at radius 3 is 2.17 bits per heavy atom. The van der Waals surface area contributed by atoms with Crippen LogP contribution in [0.25, 0.3) is 0 Å². The summed E-state index contributed by atoms with van der Waals surface area (Å²) in [6.07, 6.45) is 2.36. The van der Waals surface area contributed by atoms with Gasteiger partial charge in [-0.2, -0.15) is 0 Å². The molecule has 0 spiro atoms. The van der Waals surface area contributed by atoms with E-state index in [9.17, 15) is 0 Å². The van der Waals surface area contributed by atoms with E-state index in [4.69, 9.17) is 0 Å². The van der Waals surface area contributed by atoms with Gasteiger partial charge in [0, 0.05) is 12.0 Å². The van der Waals surface area contributed by atoms with Crippen molar-refractivity contribution in [3.63, 3.8) is 0 Å². The van der Waals surface area contributed by atoms with Crippen molar-refractivity contribution < 1.29 is 4.58 Å². The van der Waals surface area contributed by atoms with Crippen molar-refractivity contribution in [1.82, 2.24) is 0 Å². The lowest BCUT2D eigenvalue weighted by Crippen LogP contribution is -2.28. The molecule has 0 amide bonds. The Labute approximate surface area is 111 Å². The Balaban J connectivity index is 2.60. The summed E-state index contributed by atoms with van der Waals surface area (Å²) in [4.78, 5) is 0. The van der Waals surface area contributed by atoms with Gasteiger partial charge in [0.2, 0.25) is 5.71 Å². The molecular weight excluding hydrogens is 218 g/mol. The van der Waals surface area contributed by atoms with E-state index in [1.54, 1.807) is 0 Å². The van der Waals surface area contributed by atoms with E-state index in [2.05, 4.69) is 64.5 Å². The summed E-state index contributed by atoms with van der Waals surface area (Å²) in [7, 11) is 2.20. The van der Waals surface area contributed by atoms with Crippen molar-refractivity contribution in [2.75, 3.05) is 13.6 Å². The lowest BCUT2D eigenvalue weighted by molar-refractivity contribution is -0.503. The highest BCUT2D eigenvalue weighted by atomic mass is 15.0. The Bertz CT molecular complexity index is 524. The molecule has 1 heterocycles. The zero-order chi connectivity index (χ0) is 13.4. The zero-order valence-corrected chi connectivity index (χ0v) is 12.5. The molecule has 1 aliphatic heterocycles. The van der Waals surface area contributed by atoms with Gasteiger partial charge in [-0.25, -0.2) is 4.58 Å². The van der Waals surface area contributed by atoms with Gasteiger partial charge in [0.1, 0.15) is 13.6 Å². The summed E-state index contributed by atoms with van der Waals surface area (Å²) < 4.78 is 2.39.